The average molecular weight is 314 g/mol. The molecular formula is C17H22N4O2. The maximum Gasteiger partial charge on any atom is 0.257 e. The second-order valence-electron chi connectivity index (χ2n) is 5.66. The second kappa shape index (κ2) is 7.28. The molecule has 3 rings (SSSR count). The van der Waals surface area contributed by atoms with Gasteiger partial charge in [0, 0.05) is 45.1 Å². The van der Waals surface area contributed by atoms with Gasteiger partial charge in [0.15, 0.2) is 5.82 Å². The predicted octanol–water partition coefficient (Wildman–Crippen LogP) is 2.30. The van der Waals surface area contributed by atoms with Gasteiger partial charge in [-0.25, -0.2) is 9.97 Å². The number of nitrogens with zero attached hydrogens (tertiary/aromatic N) is 4. The third-order valence-electron chi connectivity index (χ3n) is 3.92. The summed E-state index contributed by atoms with van der Waals surface area (Å²) in [6.07, 6.45) is 7.16. The molecule has 1 fully saturated rings. The second-order valence-corrected chi connectivity index (χ2v) is 5.66. The minimum atomic E-state index is 0.592. The van der Waals surface area contributed by atoms with Crippen molar-refractivity contribution in [1.82, 2.24) is 14.9 Å². The van der Waals surface area contributed by atoms with Gasteiger partial charge >= 0.3 is 0 Å². The van der Waals surface area contributed by atoms with Gasteiger partial charge < -0.3 is 14.1 Å². The molecule has 1 aliphatic heterocycles. The highest BCUT2D eigenvalue weighted by atomic mass is 16.5. The first-order valence-electron chi connectivity index (χ1n) is 7.79. The number of hydrogen-bond donors (Lipinski definition) is 0. The molecule has 0 spiro atoms. The summed E-state index contributed by atoms with van der Waals surface area (Å²) in [4.78, 5) is 13.3. The van der Waals surface area contributed by atoms with Crippen LogP contribution in [-0.2, 0) is 0 Å². The van der Waals surface area contributed by atoms with E-state index in [2.05, 4.69) is 32.8 Å². The van der Waals surface area contributed by atoms with E-state index in [1.165, 1.54) is 5.57 Å². The Labute approximate surface area is 136 Å². The summed E-state index contributed by atoms with van der Waals surface area (Å²) in [5, 5.41) is 0. The molecule has 0 bridgehead atoms. The monoisotopic (exact) mass is 314 g/mol. The van der Waals surface area contributed by atoms with Crippen LogP contribution in [-0.4, -0.2) is 54.7 Å². The summed E-state index contributed by atoms with van der Waals surface area (Å²) in [5.74, 6) is 2.33. The van der Waals surface area contributed by atoms with Gasteiger partial charge in [0.2, 0.25) is 0 Å². The third-order valence-corrected chi connectivity index (χ3v) is 3.92. The molecule has 1 saturated heterocycles. The highest BCUT2D eigenvalue weighted by molar-refractivity contribution is 5.49. The summed E-state index contributed by atoms with van der Waals surface area (Å²) in [6, 6.07) is 3.88. The Morgan fingerprint density at radius 3 is 2.74 bits per heavy atom. The van der Waals surface area contributed by atoms with E-state index in [0.717, 1.165) is 44.3 Å². The van der Waals surface area contributed by atoms with E-state index in [0.29, 0.717) is 5.88 Å². The molecule has 0 aliphatic carbocycles. The molecule has 23 heavy (non-hydrogen) atoms. The average Bonchev–Trinajstić information content (AvgIpc) is 3.08. The van der Waals surface area contributed by atoms with Gasteiger partial charge in [0.1, 0.15) is 5.76 Å². The van der Waals surface area contributed by atoms with Gasteiger partial charge in [-0.3, -0.25) is 4.90 Å². The van der Waals surface area contributed by atoms with Crippen molar-refractivity contribution in [3.05, 3.63) is 42.1 Å². The van der Waals surface area contributed by atoms with E-state index in [9.17, 15) is 0 Å². The number of hydrogen-bond acceptors (Lipinski definition) is 6. The Morgan fingerprint density at radius 1 is 1.26 bits per heavy atom. The third kappa shape index (κ3) is 3.90. The normalized spacial score (nSPS) is 16.6. The minimum absolute atomic E-state index is 0.592. The molecule has 2 aromatic rings. The van der Waals surface area contributed by atoms with E-state index in [1.807, 2.05) is 12.1 Å². The molecule has 6 heteroatoms. The number of aromatic nitrogens is 2. The number of ether oxygens (including phenoxy) is 1. The van der Waals surface area contributed by atoms with Gasteiger partial charge in [0.25, 0.3) is 5.88 Å². The highest BCUT2D eigenvalue weighted by Crippen LogP contribution is 2.23. The standard InChI is InChI=1S/C17H22N4O2/c1-14(12-15-4-3-11-23-15)13-20-7-9-21(10-8-20)16-17(22-2)19-6-5-18-16/h3-6,11-12H,7-10,13H2,1-2H3. The molecule has 122 valence electrons. The number of methoxy groups -OCH3 is 1. The van der Waals surface area contributed by atoms with Crippen LogP contribution >= 0.6 is 0 Å². The molecule has 0 saturated carbocycles. The van der Waals surface area contributed by atoms with E-state index >= 15 is 0 Å². The van der Waals surface area contributed by atoms with Crippen molar-refractivity contribution in [3.8, 4) is 5.88 Å². The van der Waals surface area contributed by atoms with Crippen LogP contribution in [0.5, 0.6) is 5.88 Å². The van der Waals surface area contributed by atoms with Crippen molar-refractivity contribution in [3.63, 3.8) is 0 Å². The number of furan rings is 1. The molecule has 0 atom stereocenters. The Balaban J connectivity index is 1.56. The van der Waals surface area contributed by atoms with Crippen LogP contribution < -0.4 is 9.64 Å². The fourth-order valence-electron chi connectivity index (χ4n) is 2.81. The Hall–Kier alpha value is -2.34. The zero-order valence-corrected chi connectivity index (χ0v) is 13.6. The summed E-state index contributed by atoms with van der Waals surface area (Å²) in [7, 11) is 1.63. The Morgan fingerprint density at radius 2 is 2.04 bits per heavy atom. The van der Waals surface area contributed by atoms with Gasteiger partial charge in [-0.15, -0.1) is 0 Å². The first-order valence-corrected chi connectivity index (χ1v) is 7.79. The molecule has 0 radical (unpaired) electrons. The first kappa shape index (κ1) is 15.6. The van der Waals surface area contributed by atoms with Crippen LogP contribution in [0.3, 0.4) is 0 Å². The summed E-state index contributed by atoms with van der Waals surface area (Å²) in [6.45, 7) is 6.91. The summed E-state index contributed by atoms with van der Waals surface area (Å²) >= 11 is 0. The van der Waals surface area contributed by atoms with Crippen molar-refractivity contribution in [2.75, 3.05) is 44.7 Å². The Kier molecular flexibility index (Phi) is 4.92. The van der Waals surface area contributed by atoms with Crippen molar-refractivity contribution in [2.45, 2.75) is 6.92 Å². The van der Waals surface area contributed by atoms with Crippen LogP contribution in [0.2, 0.25) is 0 Å². The summed E-state index contributed by atoms with van der Waals surface area (Å²) < 4.78 is 10.7. The van der Waals surface area contributed by atoms with E-state index < -0.39 is 0 Å². The molecule has 0 N–H and O–H groups in total. The fraction of sp³-hybridized carbons (Fsp3) is 0.412. The summed E-state index contributed by atoms with van der Waals surface area (Å²) in [5.41, 5.74) is 1.30. The molecule has 3 heterocycles. The van der Waals surface area contributed by atoms with Gasteiger partial charge in [-0.1, -0.05) is 5.57 Å². The number of anilines is 1. The van der Waals surface area contributed by atoms with E-state index in [1.54, 1.807) is 25.8 Å². The smallest absolute Gasteiger partial charge is 0.257 e. The van der Waals surface area contributed by atoms with Crippen molar-refractivity contribution in [2.24, 2.45) is 0 Å². The van der Waals surface area contributed by atoms with E-state index in [-0.39, 0.29) is 0 Å². The van der Waals surface area contributed by atoms with Gasteiger partial charge in [0.05, 0.1) is 13.4 Å². The quantitative estimate of drug-likeness (QED) is 0.844. The lowest BCUT2D eigenvalue weighted by molar-refractivity contribution is 0.276. The van der Waals surface area contributed by atoms with Gasteiger partial charge in [-0.2, -0.15) is 0 Å². The van der Waals surface area contributed by atoms with Crippen LogP contribution in [0.15, 0.2) is 40.8 Å². The molecule has 6 nitrogen and oxygen atoms in total. The SMILES string of the molecule is COc1nccnc1N1CCN(CC(C)=Cc2ccco2)CC1. The van der Waals surface area contributed by atoms with E-state index in [4.69, 9.17) is 9.15 Å². The maximum absolute atomic E-state index is 5.36. The van der Waals surface area contributed by atoms with Crippen LogP contribution in [0.25, 0.3) is 6.08 Å². The maximum atomic E-state index is 5.36. The zero-order chi connectivity index (χ0) is 16.1. The molecule has 2 aromatic heterocycles. The molecular weight excluding hydrogens is 292 g/mol. The van der Waals surface area contributed by atoms with Crippen molar-refractivity contribution in [1.29, 1.82) is 0 Å². The lowest BCUT2D eigenvalue weighted by Crippen LogP contribution is -2.47. The Bertz CT molecular complexity index is 646. The topological polar surface area (TPSA) is 54.6 Å². The molecule has 0 unspecified atom stereocenters. The molecule has 0 aromatic carbocycles. The largest absolute Gasteiger partial charge is 0.478 e. The van der Waals surface area contributed by atoms with Crippen molar-refractivity contribution >= 4 is 11.9 Å². The van der Waals surface area contributed by atoms with Crippen LogP contribution in [0.4, 0.5) is 5.82 Å². The molecule has 0 amide bonds. The van der Waals surface area contributed by atoms with Crippen LogP contribution in [0, 0.1) is 0 Å². The lowest BCUT2D eigenvalue weighted by Gasteiger charge is -2.35. The van der Waals surface area contributed by atoms with Crippen molar-refractivity contribution < 1.29 is 9.15 Å². The zero-order valence-electron chi connectivity index (χ0n) is 13.6. The number of rotatable bonds is 5. The van der Waals surface area contributed by atoms with Gasteiger partial charge in [-0.05, 0) is 25.1 Å². The predicted molar refractivity (Wildman–Crippen MR) is 89.6 cm³/mol. The highest BCUT2D eigenvalue weighted by Gasteiger charge is 2.21. The molecule has 1 aliphatic rings. The first-order chi connectivity index (χ1) is 11.3. The lowest BCUT2D eigenvalue weighted by atomic mass is 10.2. The fourth-order valence-corrected chi connectivity index (χ4v) is 2.81. The minimum Gasteiger partial charge on any atom is -0.478 e. The van der Waals surface area contributed by atoms with Crippen LogP contribution in [0.1, 0.15) is 12.7 Å². The number of piperazine rings is 1.